The first-order valence-electron chi connectivity index (χ1n) is 29.1. The predicted molar refractivity (Wildman–Crippen MR) is 325 cm³/mol. The van der Waals surface area contributed by atoms with Crippen LogP contribution in [-0.2, 0) is 60.8 Å². The van der Waals surface area contributed by atoms with Crippen LogP contribution in [0.5, 0.6) is 11.5 Å². The van der Waals surface area contributed by atoms with Gasteiger partial charge in [0.25, 0.3) is 0 Å². The third-order valence-electron chi connectivity index (χ3n) is 14.2. The van der Waals surface area contributed by atoms with E-state index in [1.165, 1.54) is 48.5 Å². The Bertz CT molecular complexity index is 2670. The third kappa shape index (κ3) is 27.9. The first-order valence-corrected chi connectivity index (χ1v) is 29.1. The minimum Gasteiger partial charge on any atom is -0.508 e. The molecule has 87 heavy (non-hydrogen) atoms. The molecule has 29 nitrogen and oxygen atoms in total. The van der Waals surface area contributed by atoms with Crippen molar-refractivity contribution in [2.24, 2.45) is 62.3 Å². The van der Waals surface area contributed by atoms with E-state index in [9.17, 15) is 68.4 Å². The number of rotatable bonds is 39. The summed E-state index contributed by atoms with van der Waals surface area (Å²) in [4.78, 5) is 146. The van der Waals surface area contributed by atoms with Gasteiger partial charge in [0.1, 0.15) is 59.8 Å². The molecule has 0 aliphatic carbocycles. The number of nitrogens with one attached hydrogen (secondary N) is 8. The van der Waals surface area contributed by atoms with Crippen molar-refractivity contribution < 1.29 is 68.4 Å². The van der Waals surface area contributed by atoms with Crippen LogP contribution >= 0.6 is 0 Å². The van der Waals surface area contributed by atoms with E-state index in [1.54, 1.807) is 41.5 Å². The maximum absolute atomic E-state index is 14.6. The quantitative estimate of drug-likeness (QED) is 0.0215. The van der Waals surface area contributed by atoms with Gasteiger partial charge in [0.05, 0.1) is 12.5 Å². The molecule has 2 rings (SSSR count). The van der Waals surface area contributed by atoms with Gasteiger partial charge in [-0.25, -0.2) is 4.79 Å². The highest BCUT2D eigenvalue weighted by Crippen LogP contribution is 2.18. The number of aliphatic carboxylic acids is 2. The number of hydrogen-bond donors (Lipinski definition) is 17. The number of hydrogen-bond acceptors (Lipinski definition) is 15. The number of amides is 8. The summed E-state index contributed by atoms with van der Waals surface area (Å²) in [7, 11) is 0. The van der Waals surface area contributed by atoms with Crippen LogP contribution in [0, 0.1) is 23.7 Å². The second kappa shape index (κ2) is 37.6. The fourth-order valence-corrected chi connectivity index (χ4v) is 8.92. The molecule has 0 aromatic heterocycles. The van der Waals surface area contributed by atoms with Crippen LogP contribution in [0.3, 0.4) is 0 Å². The number of carbonyl (C=O) groups excluding carboxylic acids is 8. The van der Waals surface area contributed by atoms with Gasteiger partial charge in [-0.15, -0.1) is 0 Å². The number of carbonyl (C=O) groups is 10. The van der Waals surface area contributed by atoms with Crippen LogP contribution in [0.25, 0.3) is 0 Å². The minimum absolute atomic E-state index is 0.00245. The smallest absolute Gasteiger partial charge is 0.326 e. The van der Waals surface area contributed by atoms with E-state index in [1.807, 2.05) is 13.8 Å². The van der Waals surface area contributed by atoms with Gasteiger partial charge < -0.3 is 91.6 Å². The average molecular weight is 1220 g/mol. The standard InChI is InChI=1S/C58H93N15O14/c1-9-32(7)46(54(84)70-41(26-31(5)6)51(81)66-39(13-11-23-64-57(60)61)49(79)71-44(56(86)87)28-35-17-21-37(75)22-18-35)73-55(85)47(33(8)10-2)72-50(80)40(14-12-24-65-58(62)63)67-53(83)43(29-45(76)77)69-52(82)42(27-34-15-19-36(74)20-16-34)68-48(78)38(59)25-30(3)4/h15-22,30-33,38-44,46-47,74-75H,9-14,23-29,59H2,1-8H3,(H,66,81)(H,67,83)(H,68,78)(H,69,82)(H,70,84)(H,71,79)(H,72,80)(H,73,85)(H,76,77)(H,86,87)(H4,60,61,64)(H4,62,63,65). The highest BCUT2D eigenvalue weighted by atomic mass is 16.4. The van der Waals surface area contributed by atoms with Crippen LogP contribution in [0.1, 0.15) is 124 Å². The summed E-state index contributed by atoms with van der Waals surface area (Å²) >= 11 is 0. The number of guanidine groups is 2. The summed E-state index contributed by atoms with van der Waals surface area (Å²) in [6, 6.07) is -1.29. The molecule has 22 N–H and O–H groups in total. The molecule has 11 atom stereocenters. The van der Waals surface area contributed by atoms with E-state index in [2.05, 4.69) is 52.5 Å². The number of benzene rings is 2. The van der Waals surface area contributed by atoms with Crippen molar-refractivity contribution in [3.8, 4) is 11.5 Å². The van der Waals surface area contributed by atoms with Crippen molar-refractivity contribution in [1.29, 1.82) is 0 Å². The molecule has 0 fully saturated rings. The summed E-state index contributed by atoms with van der Waals surface area (Å²) in [5, 5.41) is 60.4. The van der Waals surface area contributed by atoms with Gasteiger partial charge >= 0.3 is 11.9 Å². The maximum atomic E-state index is 14.6. The molecular weight excluding hydrogens is 1130 g/mol. The summed E-state index contributed by atoms with van der Waals surface area (Å²) in [5.74, 6) is -12.1. The van der Waals surface area contributed by atoms with Gasteiger partial charge in [-0.05, 0) is 97.6 Å². The molecule has 0 saturated carbocycles. The zero-order chi connectivity index (χ0) is 65.7. The number of phenolic OH excluding ortho intramolecular Hbond substituents is 2. The summed E-state index contributed by atoms with van der Waals surface area (Å²) < 4.78 is 0. The SMILES string of the molecule is CCC(C)C(NC(=O)C(CCCN=C(N)N)NC(=O)C(CC(=O)O)NC(=O)C(Cc1ccc(O)cc1)NC(=O)C(N)CC(C)C)C(=O)NC(C(=O)NC(CC(C)C)C(=O)NC(CCCN=C(N)N)C(=O)NC(Cc1ccc(O)cc1)C(=O)O)C(C)CC. The predicted octanol–water partition coefficient (Wildman–Crippen LogP) is -1.06. The summed E-state index contributed by atoms with van der Waals surface area (Å²) in [6.45, 7) is 14.1. The first-order chi connectivity index (χ1) is 40.8. The van der Waals surface area contributed by atoms with Crippen molar-refractivity contribution in [2.75, 3.05) is 13.1 Å². The first kappa shape index (κ1) is 74.3. The maximum Gasteiger partial charge on any atom is 0.326 e. The Morgan fingerprint density at radius 3 is 1.21 bits per heavy atom. The number of carboxylic acids is 2. The molecule has 29 heteroatoms. The van der Waals surface area contributed by atoms with E-state index < -0.39 is 132 Å². The van der Waals surface area contributed by atoms with Crippen LogP contribution < -0.4 is 71.2 Å². The average Bonchev–Trinajstić information content (AvgIpc) is 3.66. The van der Waals surface area contributed by atoms with Gasteiger partial charge in [-0.2, -0.15) is 0 Å². The lowest BCUT2D eigenvalue weighted by Gasteiger charge is -2.31. The highest BCUT2D eigenvalue weighted by Gasteiger charge is 2.38. The monoisotopic (exact) mass is 1220 g/mol. The Kier molecular flexibility index (Phi) is 32.1. The number of phenols is 2. The summed E-state index contributed by atoms with van der Waals surface area (Å²) in [5.41, 5.74) is 29.1. The Labute approximate surface area is 507 Å². The second-order valence-electron chi connectivity index (χ2n) is 22.6. The van der Waals surface area contributed by atoms with Crippen molar-refractivity contribution in [2.45, 2.75) is 180 Å². The van der Waals surface area contributed by atoms with E-state index in [0.717, 1.165) is 0 Å². The van der Waals surface area contributed by atoms with E-state index in [0.29, 0.717) is 24.0 Å². The molecule has 484 valence electrons. The Hall–Kier alpha value is -8.76. The normalized spacial score (nSPS) is 14.9. The van der Waals surface area contributed by atoms with Gasteiger partial charge in [0.2, 0.25) is 47.3 Å². The number of carboxylic acid groups (broad SMARTS) is 2. The molecule has 0 aliphatic heterocycles. The molecule has 0 spiro atoms. The van der Waals surface area contributed by atoms with E-state index >= 15 is 0 Å². The molecule has 0 saturated heterocycles. The summed E-state index contributed by atoms with van der Waals surface area (Å²) in [6.07, 6.45) is -0.509. The van der Waals surface area contributed by atoms with Crippen LogP contribution in [0.4, 0.5) is 0 Å². The molecular formula is C58H93N15O14. The molecule has 0 bridgehead atoms. The Balaban J connectivity index is 2.51. The van der Waals surface area contributed by atoms with Gasteiger partial charge in [-0.1, -0.05) is 92.5 Å². The fraction of sp³-hybridized carbons (Fsp3) is 0.586. The van der Waals surface area contributed by atoms with Crippen molar-refractivity contribution in [3.05, 3.63) is 59.7 Å². The van der Waals surface area contributed by atoms with Crippen LogP contribution in [0.15, 0.2) is 58.5 Å². The third-order valence-corrected chi connectivity index (χ3v) is 14.2. The Morgan fingerprint density at radius 1 is 0.448 bits per heavy atom. The van der Waals surface area contributed by atoms with Gasteiger partial charge in [-0.3, -0.25) is 53.1 Å². The zero-order valence-electron chi connectivity index (χ0n) is 51.0. The zero-order valence-corrected chi connectivity index (χ0v) is 51.0. The van der Waals surface area contributed by atoms with Crippen molar-refractivity contribution in [3.63, 3.8) is 0 Å². The van der Waals surface area contributed by atoms with E-state index in [-0.39, 0.29) is 99.7 Å². The minimum atomic E-state index is -1.85. The van der Waals surface area contributed by atoms with E-state index in [4.69, 9.17) is 28.7 Å². The van der Waals surface area contributed by atoms with Gasteiger partial charge in [0, 0.05) is 25.9 Å². The molecule has 11 unspecified atom stereocenters. The Morgan fingerprint density at radius 2 is 0.793 bits per heavy atom. The molecule has 0 radical (unpaired) electrons. The molecule has 2 aromatic rings. The number of aromatic hydroxyl groups is 2. The number of aliphatic imine (C=N–C) groups is 2. The van der Waals surface area contributed by atoms with Crippen LogP contribution in [-0.4, -0.2) is 159 Å². The van der Waals surface area contributed by atoms with Crippen molar-refractivity contribution >= 4 is 71.1 Å². The number of nitrogens with two attached hydrogens (primary N) is 5. The van der Waals surface area contributed by atoms with Gasteiger partial charge in [0.15, 0.2) is 11.9 Å². The number of nitrogens with zero attached hydrogens (tertiary/aromatic N) is 2. The molecule has 0 aliphatic rings. The largest absolute Gasteiger partial charge is 0.508 e. The molecule has 0 heterocycles. The molecule has 2 aromatic carbocycles. The lowest BCUT2D eigenvalue weighted by molar-refractivity contribution is -0.142. The molecule has 8 amide bonds. The van der Waals surface area contributed by atoms with Crippen LogP contribution in [0.2, 0.25) is 0 Å². The topological polar surface area (TPSA) is 503 Å². The highest BCUT2D eigenvalue weighted by molar-refractivity contribution is 5.99. The second-order valence-corrected chi connectivity index (χ2v) is 22.6. The fourth-order valence-electron chi connectivity index (χ4n) is 8.92. The lowest BCUT2D eigenvalue weighted by Crippen LogP contribution is -2.62. The lowest BCUT2D eigenvalue weighted by atomic mass is 9.94. The van der Waals surface area contributed by atoms with Crippen molar-refractivity contribution in [1.82, 2.24) is 42.5 Å².